The maximum atomic E-state index is 15.4. The first-order valence-electron chi connectivity index (χ1n) is 28.9. The quantitative estimate of drug-likeness (QED) is 0.115. The monoisotopic (exact) mass is 1090 g/mol. The predicted octanol–water partition coefficient (Wildman–Crippen LogP) is 7.04. The van der Waals surface area contributed by atoms with Crippen LogP contribution in [0, 0.1) is 17.3 Å². The summed E-state index contributed by atoms with van der Waals surface area (Å²) in [5.74, 6) is -1.20. The number of hydrogen-bond acceptors (Lipinski definition) is 15. The molecule has 4 saturated heterocycles. The van der Waals surface area contributed by atoms with Gasteiger partial charge in [0.15, 0.2) is 0 Å². The van der Waals surface area contributed by atoms with Gasteiger partial charge in [-0.1, -0.05) is 26.8 Å². The lowest BCUT2D eigenvalue weighted by atomic mass is 9.84. The summed E-state index contributed by atoms with van der Waals surface area (Å²) in [4.78, 5) is 67.3. The van der Waals surface area contributed by atoms with Crippen molar-refractivity contribution in [2.75, 3.05) is 84.3 Å². The lowest BCUT2D eigenvalue weighted by molar-refractivity contribution is -0.156. The molecule has 2 N–H and O–H groups in total. The molecular weight excluding hydrogens is 1010 g/mol. The number of pyridine rings is 1. The number of nitrogens with zero attached hydrogens (tertiary/aromatic N) is 9. The number of aromatic nitrogens is 5. The molecule has 0 unspecified atom stereocenters. The van der Waals surface area contributed by atoms with Gasteiger partial charge in [0.25, 0.3) is 5.91 Å². The largest absolute Gasteiger partial charge is 0.464 e. The second-order valence-electron chi connectivity index (χ2n) is 24.0. The van der Waals surface area contributed by atoms with Crippen LogP contribution in [-0.4, -0.2) is 160 Å². The highest BCUT2D eigenvalue weighted by molar-refractivity contribution is 7.10. The molecule has 6 bridgehead atoms. The number of hydrogen-bond donors (Lipinski definition) is 2. The lowest BCUT2D eigenvalue weighted by Crippen LogP contribution is -2.62. The van der Waals surface area contributed by atoms with Gasteiger partial charge in [0.2, 0.25) is 5.91 Å². The van der Waals surface area contributed by atoms with Gasteiger partial charge in [0.1, 0.15) is 17.1 Å². The molecule has 5 aliphatic heterocycles. The Bertz CT molecular complexity index is 2980. The number of methoxy groups -OCH3 is 1. The van der Waals surface area contributed by atoms with Gasteiger partial charge in [-0.15, -0.1) is 11.3 Å². The number of nitrogens with one attached hydrogen (secondary N) is 2. The highest BCUT2D eigenvalue weighted by Gasteiger charge is 2.55. The minimum atomic E-state index is -0.990. The van der Waals surface area contributed by atoms with Crippen LogP contribution in [0.2, 0.25) is 0 Å². The SMILES string of the molecule is CO[C@@H](C)c1ncc(N2CCN(C3CC3)CC2)cc1-c1c2c3cc(ccc3n1CCOC1CCOCC1)-c1csc(n1)[C@@H](N1CCCC1)[C@H](NC(=O)[C@H]1[C@H](C)[C@@H]1c1cn(C)cn1)C(=O)N1CCC[C@H](N1)C(=O)OCC(C)(C)C2. The molecule has 12 rings (SSSR count). The Labute approximate surface area is 462 Å². The maximum absolute atomic E-state index is 15.4. The predicted molar refractivity (Wildman–Crippen MR) is 299 cm³/mol. The average Bonchev–Trinajstić information content (AvgIpc) is 4.23. The third kappa shape index (κ3) is 10.9. The molecule has 5 aromatic rings. The number of carbonyl (C=O) groups excluding carboxylic acids is 3. The van der Waals surface area contributed by atoms with E-state index in [9.17, 15) is 9.59 Å². The second kappa shape index (κ2) is 22.3. The molecule has 19 heteroatoms. The highest BCUT2D eigenvalue weighted by Crippen LogP contribution is 2.53. The van der Waals surface area contributed by atoms with E-state index in [0.29, 0.717) is 52.2 Å². The minimum absolute atomic E-state index is 0.0497. The summed E-state index contributed by atoms with van der Waals surface area (Å²) in [6, 6.07) is 7.44. The van der Waals surface area contributed by atoms with Crippen molar-refractivity contribution < 1.29 is 33.3 Å². The Kier molecular flexibility index (Phi) is 15.3. The summed E-state index contributed by atoms with van der Waals surface area (Å²) in [6.07, 6.45) is 13.5. The van der Waals surface area contributed by atoms with Crippen molar-refractivity contribution in [3.05, 3.63) is 70.3 Å². The Morgan fingerprint density at radius 1 is 0.974 bits per heavy atom. The van der Waals surface area contributed by atoms with Gasteiger partial charge < -0.3 is 38.3 Å². The summed E-state index contributed by atoms with van der Waals surface area (Å²) in [5, 5.41) is 8.84. The van der Waals surface area contributed by atoms with E-state index >= 15 is 4.79 Å². The van der Waals surface area contributed by atoms with E-state index < -0.39 is 29.5 Å². The standard InChI is InChI=1S/C59H79N11O7S/c1-36-49(46-32-65(5)35-61-46)50(36)55(71)63-52-54(68-17-7-8-18-68)56-62-47(33-78-56)38-11-14-48-42(28-38)44(30-59(3,4)34-77-58(73)45-10-9-19-70(64-45)57(52)72)53(69(48)24-27-76-41-15-25-75-26-16-41)43-29-40(31-60-51(43)37(2)74-6)67-22-20-66(21-23-67)39-12-13-39/h11,14,28-29,31-33,35-37,39,41,45,49-50,52,54,64H,7-10,12-13,15-27,30,34H2,1-6H3,(H,63,71)/t36-,37+,45+,49-,50+,52+,54+/m1/s1. The molecule has 0 spiro atoms. The fourth-order valence-corrected chi connectivity index (χ4v) is 14.2. The number of aryl methyl sites for hydroxylation is 1. The molecule has 7 atom stereocenters. The number of rotatable bonds is 13. The molecule has 2 saturated carbocycles. The van der Waals surface area contributed by atoms with Crippen molar-refractivity contribution in [2.24, 2.45) is 24.3 Å². The first-order valence-corrected chi connectivity index (χ1v) is 29.8. The molecule has 0 radical (unpaired) electrons. The van der Waals surface area contributed by atoms with Gasteiger partial charge in [0, 0.05) is 124 Å². The van der Waals surface area contributed by atoms with Gasteiger partial charge in [-0.25, -0.2) is 15.4 Å². The number of ether oxygens (including phenoxy) is 4. The number of likely N-dealkylation sites (tertiary alicyclic amines) is 1. The molecule has 7 aliphatic rings. The average molecular weight is 1090 g/mol. The molecule has 18 nitrogen and oxygen atoms in total. The van der Waals surface area contributed by atoms with Crippen molar-refractivity contribution in [1.29, 1.82) is 0 Å². The Morgan fingerprint density at radius 3 is 2.51 bits per heavy atom. The van der Waals surface area contributed by atoms with Gasteiger partial charge >= 0.3 is 5.97 Å². The van der Waals surface area contributed by atoms with Crippen LogP contribution in [0.4, 0.5) is 5.69 Å². The van der Waals surface area contributed by atoms with Crippen LogP contribution in [0.5, 0.6) is 0 Å². The van der Waals surface area contributed by atoms with E-state index in [0.717, 1.165) is 132 Å². The number of anilines is 1. The van der Waals surface area contributed by atoms with Crippen molar-refractivity contribution in [1.82, 2.24) is 49.6 Å². The van der Waals surface area contributed by atoms with Crippen molar-refractivity contribution in [3.63, 3.8) is 0 Å². The summed E-state index contributed by atoms with van der Waals surface area (Å²) < 4.78 is 29.3. The Morgan fingerprint density at radius 2 is 1.77 bits per heavy atom. The minimum Gasteiger partial charge on any atom is -0.464 e. The van der Waals surface area contributed by atoms with Gasteiger partial charge in [-0.05, 0) is 107 Å². The summed E-state index contributed by atoms with van der Waals surface area (Å²) in [6.45, 7) is 16.9. The van der Waals surface area contributed by atoms with E-state index in [1.807, 2.05) is 24.0 Å². The zero-order valence-electron chi connectivity index (χ0n) is 46.5. The molecule has 1 aromatic carbocycles. The smallest absolute Gasteiger partial charge is 0.324 e. The van der Waals surface area contributed by atoms with Crippen LogP contribution in [0.3, 0.4) is 0 Å². The number of piperazine rings is 1. The number of cyclic esters (lactones) is 1. The third-order valence-corrected chi connectivity index (χ3v) is 18.8. The van der Waals surface area contributed by atoms with Crippen LogP contribution in [0.1, 0.15) is 119 Å². The Hall–Kier alpha value is -5.28. The van der Waals surface area contributed by atoms with Gasteiger partial charge in [-0.2, -0.15) is 0 Å². The number of imidazole rings is 1. The highest BCUT2D eigenvalue weighted by atomic mass is 32.1. The van der Waals surface area contributed by atoms with Crippen molar-refractivity contribution in [3.8, 4) is 22.5 Å². The topological polar surface area (TPSA) is 174 Å². The second-order valence-corrected chi connectivity index (χ2v) is 24.9. The number of benzene rings is 1. The van der Waals surface area contributed by atoms with Crippen LogP contribution in [0.15, 0.2) is 48.4 Å². The van der Waals surface area contributed by atoms with Crippen molar-refractivity contribution >= 4 is 45.7 Å². The fraction of sp³-hybridized carbons (Fsp3) is 0.627. The number of fused-ring (bicyclic) bond motifs is 6. The number of esters is 1. The van der Waals surface area contributed by atoms with Crippen LogP contribution >= 0.6 is 11.3 Å². The molecule has 2 aliphatic carbocycles. The summed E-state index contributed by atoms with van der Waals surface area (Å²) in [5.41, 5.74) is 11.6. The van der Waals surface area contributed by atoms with E-state index in [4.69, 9.17) is 28.9 Å². The molecule has 418 valence electrons. The van der Waals surface area contributed by atoms with Gasteiger partial charge in [0.05, 0.1) is 72.5 Å². The van der Waals surface area contributed by atoms with E-state index in [1.165, 1.54) is 24.2 Å². The lowest BCUT2D eigenvalue weighted by Gasteiger charge is -2.39. The third-order valence-electron chi connectivity index (χ3n) is 17.9. The first-order chi connectivity index (χ1) is 37.8. The van der Waals surface area contributed by atoms with E-state index in [-0.39, 0.29) is 48.4 Å². The number of carbonyl (C=O) groups is 3. The Balaban J connectivity index is 0.987. The number of thiazole rings is 1. The number of hydrazine groups is 1. The van der Waals surface area contributed by atoms with Crippen molar-refractivity contribution in [2.45, 2.75) is 134 Å². The number of amides is 2. The summed E-state index contributed by atoms with van der Waals surface area (Å²) >= 11 is 1.53. The maximum Gasteiger partial charge on any atom is 0.324 e. The molecule has 9 heterocycles. The molecule has 2 amide bonds. The van der Waals surface area contributed by atoms with E-state index in [1.54, 1.807) is 18.4 Å². The van der Waals surface area contributed by atoms with Crippen LogP contribution in [-0.2, 0) is 53.3 Å². The van der Waals surface area contributed by atoms with Crippen LogP contribution in [0.25, 0.3) is 33.4 Å². The first kappa shape index (κ1) is 53.4. The van der Waals surface area contributed by atoms with E-state index in [2.05, 4.69) is 92.3 Å². The fourth-order valence-electron chi connectivity index (χ4n) is 13.2. The molecule has 6 fully saturated rings. The summed E-state index contributed by atoms with van der Waals surface area (Å²) in [7, 11) is 3.68. The van der Waals surface area contributed by atoms with Gasteiger partial charge in [-0.3, -0.25) is 34.2 Å². The molecule has 78 heavy (non-hydrogen) atoms. The normalized spacial score (nSPS) is 27.0. The van der Waals surface area contributed by atoms with Crippen LogP contribution < -0.4 is 15.6 Å². The zero-order valence-corrected chi connectivity index (χ0v) is 47.3. The molecular formula is C59H79N11O7S. The molecule has 4 aromatic heterocycles. The zero-order chi connectivity index (χ0) is 53.8.